The lowest BCUT2D eigenvalue weighted by Crippen LogP contribution is -2.31. The maximum absolute atomic E-state index is 12.2. The van der Waals surface area contributed by atoms with Crippen LogP contribution in [0.25, 0.3) is 21.9 Å². The molecule has 1 fully saturated rings. The molecule has 8 nitrogen and oxygen atoms in total. The minimum absolute atomic E-state index is 0.197. The number of imidazole rings is 1. The molecule has 0 atom stereocenters. The third-order valence-corrected chi connectivity index (χ3v) is 5.67. The SMILES string of the molecule is CC.CCOCc1nc2c(N)nc3ccccc3c2n1NCCCNC(=O)C1CCCC1. The number of pyridine rings is 1. The van der Waals surface area contributed by atoms with Crippen LogP contribution < -0.4 is 16.5 Å². The van der Waals surface area contributed by atoms with E-state index in [4.69, 9.17) is 15.5 Å². The number of hydrogen-bond donors (Lipinski definition) is 3. The van der Waals surface area contributed by atoms with Crippen LogP contribution in [0.2, 0.25) is 0 Å². The fourth-order valence-corrected chi connectivity index (χ4v) is 4.13. The molecule has 0 spiro atoms. The number of nitrogens with two attached hydrogens (primary N) is 1. The number of benzene rings is 1. The lowest BCUT2D eigenvalue weighted by molar-refractivity contribution is -0.124. The van der Waals surface area contributed by atoms with E-state index in [-0.39, 0.29) is 11.8 Å². The average molecular weight is 441 g/mol. The van der Waals surface area contributed by atoms with Gasteiger partial charge in [0.2, 0.25) is 5.91 Å². The molecule has 1 aromatic carbocycles. The van der Waals surface area contributed by atoms with Gasteiger partial charge >= 0.3 is 0 Å². The van der Waals surface area contributed by atoms with Crippen LogP contribution in [0.1, 0.15) is 58.7 Å². The quantitative estimate of drug-likeness (QED) is 0.435. The van der Waals surface area contributed by atoms with Crippen LogP contribution in [0.5, 0.6) is 0 Å². The fraction of sp³-hybridized carbons (Fsp3) is 0.542. The average Bonchev–Trinajstić information content (AvgIpc) is 3.48. The van der Waals surface area contributed by atoms with Crippen molar-refractivity contribution in [1.82, 2.24) is 20.0 Å². The van der Waals surface area contributed by atoms with E-state index in [0.717, 1.165) is 41.5 Å². The zero-order chi connectivity index (χ0) is 22.9. The standard InChI is InChI=1S/C22H30N6O2.C2H6/c1-2-30-14-18-27-19-20(16-10-5-6-11-17(16)26-21(19)23)28(18)25-13-7-12-24-22(29)15-8-3-4-9-15;1-2/h5-6,10-11,15,25H,2-4,7-9,12-14H2,1H3,(H2,23,26)(H,24,29);1-2H3. The number of anilines is 1. The van der Waals surface area contributed by atoms with Gasteiger partial charge in [-0.05, 0) is 32.3 Å². The number of rotatable bonds is 9. The van der Waals surface area contributed by atoms with Crippen LogP contribution in [0.3, 0.4) is 0 Å². The molecule has 3 aromatic rings. The van der Waals surface area contributed by atoms with Gasteiger partial charge in [0.05, 0.1) is 5.52 Å². The molecule has 174 valence electrons. The topological polar surface area (TPSA) is 107 Å². The van der Waals surface area contributed by atoms with Gasteiger partial charge in [0.25, 0.3) is 0 Å². The van der Waals surface area contributed by atoms with E-state index in [1.54, 1.807) is 0 Å². The highest BCUT2D eigenvalue weighted by atomic mass is 16.5. The molecule has 0 radical (unpaired) electrons. The van der Waals surface area contributed by atoms with Crippen molar-refractivity contribution in [2.45, 2.75) is 59.5 Å². The van der Waals surface area contributed by atoms with Crippen molar-refractivity contribution in [2.75, 3.05) is 30.9 Å². The molecule has 0 unspecified atom stereocenters. The number of aromatic nitrogens is 3. The van der Waals surface area contributed by atoms with Gasteiger partial charge < -0.3 is 21.2 Å². The van der Waals surface area contributed by atoms with Gasteiger partial charge in [-0.3, -0.25) is 4.79 Å². The monoisotopic (exact) mass is 440 g/mol. The number of nitrogens with zero attached hydrogens (tertiary/aromatic N) is 3. The number of carbonyl (C=O) groups is 1. The molecule has 2 aromatic heterocycles. The molecule has 0 saturated heterocycles. The lowest BCUT2D eigenvalue weighted by Gasteiger charge is -2.14. The van der Waals surface area contributed by atoms with Crippen molar-refractivity contribution in [1.29, 1.82) is 0 Å². The Morgan fingerprint density at radius 1 is 1.19 bits per heavy atom. The Kier molecular flexibility index (Phi) is 8.67. The van der Waals surface area contributed by atoms with Crippen molar-refractivity contribution in [3.8, 4) is 0 Å². The van der Waals surface area contributed by atoms with Crippen molar-refractivity contribution in [3.63, 3.8) is 0 Å². The number of hydrogen-bond acceptors (Lipinski definition) is 6. The number of nitrogen functional groups attached to an aromatic ring is 1. The zero-order valence-corrected chi connectivity index (χ0v) is 19.5. The molecule has 0 bridgehead atoms. The first kappa shape index (κ1) is 23.8. The predicted octanol–water partition coefficient (Wildman–Crippen LogP) is 3.97. The van der Waals surface area contributed by atoms with Gasteiger partial charge in [0, 0.05) is 31.0 Å². The Morgan fingerprint density at radius 3 is 2.69 bits per heavy atom. The summed E-state index contributed by atoms with van der Waals surface area (Å²) in [6.07, 6.45) is 5.19. The molecule has 1 amide bonds. The van der Waals surface area contributed by atoms with Crippen LogP contribution in [-0.4, -0.2) is 40.2 Å². The van der Waals surface area contributed by atoms with Crippen molar-refractivity contribution in [2.24, 2.45) is 5.92 Å². The summed E-state index contributed by atoms with van der Waals surface area (Å²) in [5, 5.41) is 4.06. The Morgan fingerprint density at radius 2 is 1.94 bits per heavy atom. The third-order valence-electron chi connectivity index (χ3n) is 5.67. The molecule has 1 saturated carbocycles. The highest BCUT2D eigenvalue weighted by Gasteiger charge is 2.22. The highest BCUT2D eigenvalue weighted by molar-refractivity contribution is 6.06. The Labute approximate surface area is 189 Å². The minimum atomic E-state index is 0.197. The summed E-state index contributed by atoms with van der Waals surface area (Å²) in [7, 11) is 0. The molecule has 8 heteroatoms. The predicted molar refractivity (Wildman–Crippen MR) is 130 cm³/mol. The second kappa shape index (κ2) is 11.7. The maximum atomic E-state index is 12.2. The number of nitrogens with one attached hydrogen (secondary N) is 2. The molecule has 1 aliphatic rings. The van der Waals surface area contributed by atoms with Crippen molar-refractivity contribution >= 4 is 33.7 Å². The number of para-hydroxylation sites is 1. The molecular formula is C24H36N6O2. The summed E-state index contributed by atoms with van der Waals surface area (Å²) in [6.45, 7) is 8.28. The minimum Gasteiger partial charge on any atom is -0.382 e. The van der Waals surface area contributed by atoms with Crippen LogP contribution in [0, 0.1) is 5.92 Å². The normalized spacial score (nSPS) is 13.8. The second-order valence-corrected chi connectivity index (χ2v) is 7.75. The van der Waals surface area contributed by atoms with E-state index < -0.39 is 0 Å². The zero-order valence-electron chi connectivity index (χ0n) is 19.5. The summed E-state index contributed by atoms with van der Waals surface area (Å²) in [4.78, 5) is 21.4. The number of ether oxygens (including phenoxy) is 1. The van der Waals surface area contributed by atoms with Gasteiger partial charge in [0.1, 0.15) is 17.6 Å². The lowest BCUT2D eigenvalue weighted by atomic mass is 10.1. The molecule has 32 heavy (non-hydrogen) atoms. The van der Waals surface area contributed by atoms with E-state index in [9.17, 15) is 4.79 Å². The third kappa shape index (κ3) is 5.30. The number of amides is 1. The van der Waals surface area contributed by atoms with E-state index in [0.29, 0.717) is 37.6 Å². The highest BCUT2D eigenvalue weighted by Crippen LogP contribution is 2.28. The first-order valence-electron chi connectivity index (χ1n) is 11.8. The summed E-state index contributed by atoms with van der Waals surface area (Å²) in [5.74, 6) is 1.56. The van der Waals surface area contributed by atoms with Gasteiger partial charge in [0.15, 0.2) is 11.6 Å². The van der Waals surface area contributed by atoms with Gasteiger partial charge in [-0.2, -0.15) is 0 Å². The van der Waals surface area contributed by atoms with E-state index >= 15 is 0 Å². The van der Waals surface area contributed by atoms with Crippen LogP contribution >= 0.6 is 0 Å². The first-order chi connectivity index (χ1) is 15.7. The fourth-order valence-electron chi connectivity index (χ4n) is 4.13. The molecular weight excluding hydrogens is 404 g/mol. The summed E-state index contributed by atoms with van der Waals surface area (Å²) in [6, 6.07) is 7.90. The first-order valence-corrected chi connectivity index (χ1v) is 11.8. The van der Waals surface area contributed by atoms with E-state index in [1.165, 1.54) is 12.8 Å². The van der Waals surface area contributed by atoms with E-state index in [2.05, 4.69) is 15.7 Å². The molecule has 4 N–H and O–H groups in total. The van der Waals surface area contributed by atoms with Crippen LogP contribution in [0.15, 0.2) is 24.3 Å². The van der Waals surface area contributed by atoms with Crippen LogP contribution in [0.4, 0.5) is 5.82 Å². The van der Waals surface area contributed by atoms with Crippen LogP contribution in [-0.2, 0) is 16.1 Å². The summed E-state index contributed by atoms with van der Waals surface area (Å²) >= 11 is 0. The van der Waals surface area contributed by atoms with E-state index in [1.807, 2.05) is 49.7 Å². The van der Waals surface area contributed by atoms with Gasteiger partial charge in [-0.1, -0.05) is 44.9 Å². The maximum Gasteiger partial charge on any atom is 0.223 e. The van der Waals surface area contributed by atoms with Crippen molar-refractivity contribution < 1.29 is 9.53 Å². The van der Waals surface area contributed by atoms with Crippen molar-refractivity contribution in [3.05, 3.63) is 30.1 Å². The molecule has 1 aliphatic carbocycles. The largest absolute Gasteiger partial charge is 0.382 e. The van der Waals surface area contributed by atoms with Gasteiger partial charge in [-0.15, -0.1) is 0 Å². The molecule has 2 heterocycles. The molecule has 4 rings (SSSR count). The van der Waals surface area contributed by atoms with Gasteiger partial charge in [-0.25, -0.2) is 14.6 Å². The molecule has 0 aliphatic heterocycles. The summed E-state index contributed by atoms with van der Waals surface area (Å²) in [5.41, 5.74) is 12.1. The Bertz CT molecular complexity index is 1030. The number of fused-ring (bicyclic) bond motifs is 3. The smallest absolute Gasteiger partial charge is 0.223 e. The Hall–Kier alpha value is -2.87. The number of carbonyl (C=O) groups excluding carboxylic acids is 1. The summed E-state index contributed by atoms with van der Waals surface area (Å²) < 4.78 is 7.58. The Balaban J connectivity index is 0.00000141. The second-order valence-electron chi connectivity index (χ2n) is 7.75.